The molecule has 32 heavy (non-hydrogen) atoms. The summed E-state index contributed by atoms with van der Waals surface area (Å²) >= 11 is 0. The molecule has 0 unspecified atom stereocenters. The van der Waals surface area contributed by atoms with Gasteiger partial charge in [-0.05, 0) is 61.1 Å². The summed E-state index contributed by atoms with van der Waals surface area (Å²) in [7, 11) is -1.86. The number of methoxy groups -OCH3 is 1. The second kappa shape index (κ2) is 9.63. The number of nitrogens with one attached hydrogen (secondary N) is 1. The average Bonchev–Trinajstić information content (AvgIpc) is 3.35. The second-order valence-electron chi connectivity index (χ2n) is 8.82. The van der Waals surface area contributed by atoms with Gasteiger partial charge in [-0.15, -0.1) is 0 Å². The summed E-state index contributed by atoms with van der Waals surface area (Å²) in [5.74, 6) is 0.740. The van der Waals surface area contributed by atoms with Crippen molar-refractivity contribution in [3.8, 4) is 5.75 Å². The lowest BCUT2D eigenvalue weighted by atomic mass is 9.78. The van der Waals surface area contributed by atoms with Crippen LogP contribution in [0.2, 0.25) is 0 Å². The molecule has 172 valence electrons. The van der Waals surface area contributed by atoms with E-state index in [0.717, 1.165) is 61.8 Å². The number of amides is 1. The van der Waals surface area contributed by atoms with E-state index in [1.165, 1.54) is 0 Å². The Morgan fingerprint density at radius 2 is 1.72 bits per heavy atom. The molecule has 1 saturated heterocycles. The first-order valence-corrected chi connectivity index (χ1v) is 12.9. The van der Waals surface area contributed by atoms with Gasteiger partial charge in [0.1, 0.15) is 5.75 Å². The number of benzene rings is 2. The number of carbonyl (C=O) groups is 1. The molecule has 0 bridgehead atoms. The van der Waals surface area contributed by atoms with Crippen molar-refractivity contribution in [2.75, 3.05) is 20.2 Å². The van der Waals surface area contributed by atoms with Crippen LogP contribution in [0, 0.1) is 0 Å². The van der Waals surface area contributed by atoms with Gasteiger partial charge in [0.05, 0.1) is 17.4 Å². The highest BCUT2D eigenvalue weighted by atomic mass is 32.2. The predicted octanol–water partition coefficient (Wildman–Crippen LogP) is 4.00. The minimum Gasteiger partial charge on any atom is -0.497 e. The number of rotatable bonds is 7. The number of ether oxygens (including phenoxy) is 1. The molecule has 2 aromatic rings. The molecule has 2 aromatic carbocycles. The Labute approximate surface area is 191 Å². The lowest BCUT2D eigenvalue weighted by molar-refractivity contribution is -0.126. The normalized spacial score (nSPS) is 18.9. The summed E-state index contributed by atoms with van der Waals surface area (Å²) in [6, 6.07) is 14.7. The van der Waals surface area contributed by atoms with E-state index in [1.807, 2.05) is 30.3 Å². The summed E-state index contributed by atoms with van der Waals surface area (Å²) in [4.78, 5) is 13.7. The SMILES string of the molecule is COc1cccc(C2(C(=O)NCc3cccc(S(=O)(=O)N4CCCCC4)c3)CCCC2)c1. The van der Waals surface area contributed by atoms with Crippen molar-refractivity contribution in [2.24, 2.45) is 0 Å². The first-order chi connectivity index (χ1) is 15.5. The number of nitrogens with zero attached hydrogens (tertiary/aromatic N) is 1. The molecule has 0 aromatic heterocycles. The third kappa shape index (κ3) is 4.55. The fourth-order valence-corrected chi connectivity index (χ4v) is 6.56. The smallest absolute Gasteiger partial charge is 0.243 e. The molecule has 4 rings (SSSR count). The Morgan fingerprint density at radius 3 is 2.44 bits per heavy atom. The highest BCUT2D eigenvalue weighted by Gasteiger charge is 2.42. The van der Waals surface area contributed by atoms with Crippen LogP contribution < -0.4 is 10.1 Å². The number of carbonyl (C=O) groups excluding carboxylic acids is 1. The van der Waals surface area contributed by atoms with Crippen LogP contribution in [0.25, 0.3) is 0 Å². The lowest BCUT2D eigenvalue weighted by Gasteiger charge is -2.29. The fourth-order valence-electron chi connectivity index (χ4n) is 4.97. The molecule has 1 saturated carbocycles. The fraction of sp³-hybridized carbons (Fsp3) is 0.480. The summed E-state index contributed by atoms with van der Waals surface area (Å²) in [6.07, 6.45) is 6.50. The van der Waals surface area contributed by atoms with Gasteiger partial charge in [-0.1, -0.05) is 43.5 Å². The molecule has 1 N–H and O–H groups in total. The second-order valence-corrected chi connectivity index (χ2v) is 10.8. The van der Waals surface area contributed by atoms with Crippen molar-refractivity contribution in [2.45, 2.75) is 61.8 Å². The van der Waals surface area contributed by atoms with Gasteiger partial charge in [-0.3, -0.25) is 4.79 Å². The largest absolute Gasteiger partial charge is 0.497 e. The van der Waals surface area contributed by atoms with E-state index >= 15 is 0 Å². The van der Waals surface area contributed by atoms with E-state index in [1.54, 1.807) is 29.6 Å². The maximum atomic E-state index is 13.4. The zero-order valence-corrected chi connectivity index (χ0v) is 19.5. The van der Waals surface area contributed by atoms with E-state index in [0.29, 0.717) is 24.5 Å². The summed E-state index contributed by atoms with van der Waals surface area (Å²) in [5.41, 5.74) is 1.20. The summed E-state index contributed by atoms with van der Waals surface area (Å²) in [5, 5.41) is 3.09. The Kier molecular flexibility index (Phi) is 6.86. The van der Waals surface area contributed by atoms with E-state index in [4.69, 9.17) is 4.74 Å². The molecule has 1 aliphatic heterocycles. The van der Waals surface area contributed by atoms with Crippen LogP contribution in [0.4, 0.5) is 0 Å². The minimum atomic E-state index is -3.49. The van der Waals surface area contributed by atoms with Crippen LogP contribution in [0.1, 0.15) is 56.1 Å². The molecular formula is C25H32N2O4S. The van der Waals surface area contributed by atoms with Crippen LogP contribution in [0.3, 0.4) is 0 Å². The third-order valence-corrected chi connectivity index (χ3v) is 8.71. The molecule has 1 aliphatic carbocycles. The van der Waals surface area contributed by atoms with Crippen LogP contribution in [-0.2, 0) is 26.8 Å². The lowest BCUT2D eigenvalue weighted by Crippen LogP contribution is -2.42. The minimum absolute atomic E-state index is 0.00690. The Bertz CT molecular complexity index is 1060. The number of piperidine rings is 1. The molecule has 6 nitrogen and oxygen atoms in total. The van der Waals surface area contributed by atoms with Crippen molar-refractivity contribution in [3.63, 3.8) is 0 Å². The van der Waals surface area contributed by atoms with Gasteiger partial charge in [0.15, 0.2) is 0 Å². The van der Waals surface area contributed by atoms with Crippen molar-refractivity contribution in [3.05, 3.63) is 59.7 Å². The van der Waals surface area contributed by atoms with E-state index in [-0.39, 0.29) is 5.91 Å². The quantitative estimate of drug-likeness (QED) is 0.683. The van der Waals surface area contributed by atoms with Gasteiger partial charge in [-0.25, -0.2) is 8.42 Å². The molecule has 0 atom stereocenters. The van der Waals surface area contributed by atoms with Crippen molar-refractivity contribution < 1.29 is 17.9 Å². The maximum Gasteiger partial charge on any atom is 0.243 e. The first-order valence-electron chi connectivity index (χ1n) is 11.5. The number of hydrogen-bond donors (Lipinski definition) is 1. The van der Waals surface area contributed by atoms with E-state index < -0.39 is 15.4 Å². The molecule has 2 fully saturated rings. The van der Waals surface area contributed by atoms with Crippen LogP contribution in [-0.4, -0.2) is 38.8 Å². The molecule has 1 amide bonds. The summed E-state index contributed by atoms with van der Waals surface area (Å²) < 4.78 is 33.0. The molecule has 1 heterocycles. The van der Waals surface area contributed by atoms with Crippen LogP contribution in [0.15, 0.2) is 53.4 Å². The molecule has 0 spiro atoms. The van der Waals surface area contributed by atoms with Gasteiger partial charge >= 0.3 is 0 Å². The van der Waals surface area contributed by atoms with Crippen molar-refractivity contribution >= 4 is 15.9 Å². The molecular weight excluding hydrogens is 424 g/mol. The average molecular weight is 457 g/mol. The van der Waals surface area contributed by atoms with Gasteiger partial charge in [0.25, 0.3) is 0 Å². The van der Waals surface area contributed by atoms with Gasteiger partial charge in [0.2, 0.25) is 15.9 Å². The highest BCUT2D eigenvalue weighted by molar-refractivity contribution is 7.89. The maximum absolute atomic E-state index is 13.4. The molecule has 2 aliphatic rings. The topological polar surface area (TPSA) is 75.7 Å². The Morgan fingerprint density at radius 1 is 1.00 bits per heavy atom. The summed E-state index contributed by atoms with van der Waals surface area (Å²) in [6.45, 7) is 1.45. The zero-order chi connectivity index (χ0) is 22.6. The molecule has 0 radical (unpaired) electrons. The van der Waals surface area contributed by atoms with Gasteiger partial charge < -0.3 is 10.1 Å². The monoisotopic (exact) mass is 456 g/mol. The van der Waals surface area contributed by atoms with Crippen LogP contribution in [0.5, 0.6) is 5.75 Å². The van der Waals surface area contributed by atoms with Gasteiger partial charge in [0, 0.05) is 19.6 Å². The highest BCUT2D eigenvalue weighted by Crippen LogP contribution is 2.42. The predicted molar refractivity (Wildman–Crippen MR) is 124 cm³/mol. The van der Waals surface area contributed by atoms with E-state index in [9.17, 15) is 13.2 Å². The molecule has 7 heteroatoms. The number of hydrogen-bond acceptors (Lipinski definition) is 4. The third-order valence-electron chi connectivity index (χ3n) is 6.82. The standard InChI is InChI=1S/C25H32N2O4S/c1-31-22-11-8-10-21(18-22)25(13-3-4-14-25)24(28)26-19-20-9-7-12-23(17-20)32(29,30)27-15-5-2-6-16-27/h7-12,17-18H,2-6,13-16,19H2,1H3,(H,26,28). The Balaban J connectivity index is 1.50. The van der Waals surface area contributed by atoms with Crippen molar-refractivity contribution in [1.82, 2.24) is 9.62 Å². The number of sulfonamides is 1. The van der Waals surface area contributed by atoms with Crippen molar-refractivity contribution in [1.29, 1.82) is 0 Å². The Hall–Kier alpha value is -2.38. The van der Waals surface area contributed by atoms with Crippen LogP contribution >= 0.6 is 0 Å². The van der Waals surface area contributed by atoms with E-state index in [2.05, 4.69) is 5.32 Å². The van der Waals surface area contributed by atoms with Gasteiger partial charge in [-0.2, -0.15) is 4.31 Å². The zero-order valence-electron chi connectivity index (χ0n) is 18.7. The first kappa shape index (κ1) is 22.8.